The van der Waals surface area contributed by atoms with Crippen LogP contribution in [0.25, 0.3) is 0 Å². The summed E-state index contributed by atoms with van der Waals surface area (Å²) in [5.41, 5.74) is 1.74. The minimum Gasteiger partial charge on any atom is -0.504 e. The van der Waals surface area contributed by atoms with Gasteiger partial charge in [0.2, 0.25) is 23.6 Å². The topological polar surface area (TPSA) is 104 Å². The number of amides is 4. The van der Waals surface area contributed by atoms with Crippen LogP contribution in [0.4, 0.5) is 0 Å². The molecule has 0 aromatic heterocycles. The molecule has 1 aromatic rings. The number of rotatable bonds is 6. The normalized spacial score (nSPS) is 31.4. The first-order valence-electron chi connectivity index (χ1n) is 12.7. The zero-order valence-corrected chi connectivity index (χ0v) is 22.9. The van der Waals surface area contributed by atoms with Gasteiger partial charge >= 0.3 is 0 Å². The Morgan fingerprint density at radius 3 is 2.14 bits per heavy atom. The second kappa shape index (κ2) is 9.46. The molecule has 0 unspecified atom stereocenters. The molecule has 2 aliphatic heterocycles. The minimum atomic E-state index is -0.577. The average Bonchev–Trinajstić information content (AvgIpc) is 3.25. The van der Waals surface area contributed by atoms with Gasteiger partial charge in [-0.25, -0.2) is 0 Å². The maximum absolute atomic E-state index is 13.7. The van der Waals surface area contributed by atoms with Crippen molar-refractivity contribution in [1.82, 2.24) is 9.80 Å². The van der Waals surface area contributed by atoms with Crippen molar-refractivity contribution in [2.45, 2.75) is 45.4 Å². The highest BCUT2D eigenvalue weighted by molar-refractivity contribution is 14.1. The third-order valence-corrected chi connectivity index (χ3v) is 9.18. The average molecular weight is 606 g/mol. The van der Waals surface area contributed by atoms with E-state index < -0.39 is 29.6 Å². The minimum absolute atomic E-state index is 0.0247. The molecule has 2 aliphatic carbocycles. The third kappa shape index (κ3) is 3.60. The van der Waals surface area contributed by atoms with Gasteiger partial charge in [-0.3, -0.25) is 29.0 Å². The SMILES string of the molecule is CCCN1C(=O)[C@H]2[C@H](CC=C3[C@H]2C[C@H]2C(=O)N(CCC)C(=O)[C@H]2[C@H]3c2cc(I)c(O)c(OC)c2)C1=O. The molecule has 4 aliphatic rings. The highest BCUT2D eigenvalue weighted by atomic mass is 127. The van der Waals surface area contributed by atoms with E-state index in [0.717, 1.165) is 11.1 Å². The highest BCUT2D eigenvalue weighted by Gasteiger charge is 2.61. The van der Waals surface area contributed by atoms with Crippen molar-refractivity contribution < 1.29 is 29.0 Å². The van der Waals surface area contributed by atoms with E-state index in [1.807, 2.05) is 48.6 Å². The number of hydrogen-bond donors (Lipinski definition) is 1. The number of nitrogens with zero attached hydrogens (tertiary/aromatic N) is 2. The van der Waals surface area contributed by atoms with Crippen molar-refractivity contribution in [3.8, 4) is 11.5 Å². The monoisotopic (exact) mass is 606 g/mol. The van der Waals surface area contributed by atoms with Crippen LogP contribution in [0.1, 0.15) is 51.0 Å². The summed E-state index contributed by atoms with van der Waals surface area (Å²) in [5.74, 6) is -3.07. The van der Waals surface area contributed by atoms with Gasteiger partial charge in [0.05, 0.1) is 34.4 Å². The fourth-order valence-corrected chi connectivity index (χ4v) is 7.54. The van der Waals surface area contributed by atoms with E-state index in [0.29, 0.717) is 48.1 Å². The number of phenolic OH excluding ortho intramolecular Hbond substituents is 1. The first-order chi connectivity index (χ1) is 17.2. The molecule has 1 saturated carbocycles. The summed E-state index contributed by atoms with van der Waals surface area (Å²) in [6, 6.07) is 3.57. The first kappa shape index (κ1) is 25.2. The van der Waals surface area contributed by atoms with Crippen molar-refractivity contribution >= 4 is 46.2 Å². The standard InChI is InChI=1S/C27H31IN2O6/c1-4-8-29-24(32)15-7-6-14-16(21(15)26(29)34)12-17-22(27(35)30(9-5-2)25(17)33)20(14)13-10-18(28)23(31)19(11-13)36-3/h6,10-11,15-17,20-22,31H,4-5,7-9,12H2,1-3H3/t15-,16+,17+,20-,21-,22+/m0/s1. The summed E-state index contributed by atoms with van der Waals surface area (Å²) in [4.78, 5) is 56.5. The van der Waals surface area contributed by atoms with Crippen LogP contribution in [-0.2, 0) is 19.2 Å². The predicted molar refractivity (Wildman–Crippen MR) is 139 cm³/mol. The zero-order valence-electron chi connectivity index (χ0n) is 20.7. The Kier molecular flexibility index (Phi) is 6.63. The lowest BCUT2D eigenvalue weighted by Crippen LogP contribution is -2.43. The number of phenols is 1. The molecule has 1 aromatic carbocycles. The number of allylic oxidation sites excluding steroid dienone is 2. The number of halogens is 1. The Morgan fingerprint density at radius 1 is 0.917 bits per heavy atom. The molecule has 1 N–H and O–H groups in total. The Bertz CT molecular complexity index is 1180. The van der Waals surface area contributed by atoms with E-state index in [9.17, 15) is 24.3 Å². The molecule has 0 spiro atoms. The largest absolute Gasteiger partial charge is 0.504 e. The molecule has 36 heavy (non-hydrogen) atoms. The summed E-state index contributed by atoms with van der Waals surface area (Å²) < 4.78 is 5.99. The number of carbonyl (C=O) groups is 4. The number of methoxy groups -OCH3 is 1. The number of fused-ring (bicyclic) bond motifs is 4. The van der Waals surface area contributed by atoms with Crippen molar-refractivity contribution in [3.63, 3.8) is 0 Å². The van der Waals surface area contributed by atoms with Gasteiger partial charge in [-0.05, 0) is 71.9 Å². The Morgan fingerprint density at radius 2 is 1.53 bits per heavy atom. The van der Waals surface area contributed by atoms with E-state index >= 15 is 0 Å². The molecule has 4 amide bonds. The fraction of sp³-hybridized carbons (Fsp3) is 0.556. The molecule has 2 saturated heterocycles. The van der Waals surface area contributed by atoms with Crippen molar-refractivity contribution in [2.24, 2.45) is 29.6 Å². The molecule has 0 radical (unpaired) electrons. The Balaban J connectivity index is 1.65. The van der Waals surface area contributed by atoms with Crippen LogP contribution in [0.2, 0.25) is 0 Å². The van der Waals surface area contributed by atoms with Crippen molar-refractivity contribution in [3.05, 3.63) is 32.9 Å². The fourth-order valence-electron chi connectivity index (χ4n) is 6.91. The van der Waals surface area contributed by atoms with E-state index in [1.54, 1.807) is 6.07 Å². The zero-order chi connectivity index (χ0) is 25.9. The molecule has 9 heteroatoms. The molecular weight excluding hydrogens is 575 g/mol. The van der Waals surface area contributed by atoms with Gasteiger partial charge in [-0.1, -0.05) is 25.5 Å². The Hall–Kier alpha value is -2.43. The molecule has 8 nitrogen and oxygen atoms in total. The van der Waals surface area contributed by atoms with Gasteiger partial charge in [0.15, 0.2) is 11.5 Å². The van der Waals surface area contributed by atoms with E-state index in [2.05, 4.69) is 0 Å². The van der Waals surface area contributed by atoms with Gasteiger partial charge in [-0.15, -0.1) is 0 Å². The van der Waals surface area contributed by atoms with Crippen LogP contribution in [0.3, 0.4) is 0 Å². The quantitative estimate of drug-likeness (QED) is 0.302. The maximum Gasteiger partial charge on any atom is 0.234 e. The maximum atomic E-state index is 13.7. The predicted octanol–water partition coefficient (Wildman–Crippen LogP) is 3.46. The van der Waals surface area contributed by atoms with Crippen LogP contribution >= 0.6 is 22.6 Å². The number of hydrogen-bond acceptors (Lipinski definition) is 6. The van der Waals surface area contributed by atoms with Crippen LogP contribution in [0.15, 0.2) is 23.8 Å². The van der Waals surface area contributed by atoms with Crippen molar-refractivity contribution in [2.75, 3.05) is 20.2 Å². The lowest BCUT2D eigenvalue weighted by Gasteiger charge is -2.44. The number of aromatic hydroxyl groups is 1. The van der Waals surface area contributed by atoms with Gasteiger partial charge in [-0.2, -0.15) is 0 Å². The summed E-state index contributed by atoms with van der Waals surface area (Å²) in [7, 11) is 1.48. The second-order valence-electron chi connectivity index (χ2n) is 10.2. The number of imide groups is 2. The smallest absolute Gasteiger partial charge is 0.234 e. The van der Waals surface area contributed by atoms with E-state index in [1.165, 1.54) is 16.9 Å². The van der Waals surface area contributed by atoms with Gasteiger partial charge in [0.1, 0.15) is 0 Å². The first-order valence-corrected chi connectivity index (χ1v) is 13.8. The third-order valence-electron chi connectivity index (χ3n) is 8.36. The van der Waals surface area contributed by atoms with Crippen LogP contribution in [0, 0.1) is 33.2 Å². The van der Waals surface area contributed by atoms with Gasteiger partial charge < -0.3 is 9.84 Å². The van der Waals surface area contributed by atoms with Crippen LogP contribution in [-0.4, -0.2) is 58.7 Å². The molecule has 0 bridgehead atoms. The Labute approximate surface area is 224 Å². The van der Waals surface area contributed by atoms with E-state index in [-0.39, 0.29) is 35.3 Å². The lowest BCUT2D eigenvalue weighted by atomic mass is 9.57. The van der Waals surface area contributed by atoms with Crippen LogP contribution in [0.5, 0.6) is 11.5 Å². The summed E-state index contributed by atoms with van der Waals surface area (Å²) in [6.45, 7) is 4.65. The highest BCUT2D eigenvalue weighted by Crippen LogP contribution is 2.58. The van der Waals surface area contributed by atoms with Crippen molar-refractivity contribution in [1.29, 1.82) is 0 Å². The van der Waals surface area contributed by atoms with Crippen LogP contribution < -0.4 is 4.74 Å². The lowest BCUT2D eigenvalue weighted by molar-refractivity contribution is -0.142. The molecule has 2 heterocycles. The van der Waals surface area contributed by atoms with Gasteiger partial charge in [0, 0.05) is 19.0 Å². The number of carbonyl (C=O) groups excluding carboxylic acids is 4. The summed E-state index contributed by atoms with van der Waals surface area (Å²) >= 11 is 2.03. The second-order valence-corrected chi connectivity index (χ2v) is 11.4. The molecule has 5 rings (SSSR count). The number of benzene rings is 1. The summed E-state index contributed by atoms with van der Waals surface area (Å²) in [6.07, 6.45) is 4.24. The molecule has 192 valence electrons. The van der Waals surface area contributed by atoms with E-state index in [4.69, 9.17) is 4.74 Å². The van der Waals surface area contributed by atoms with Gasteiger partial charge in [0.25, 0.3) is 0 Å². The number of likely N-dealkylation sites (tertiary alicyclic amines) is 2. The molecule has 6 atom stereocenters. The number of ether oxygens (including phenoxy) is 1. The molecular formula is C27H31IN2O6. The molecule has 3 fully saturated rings. The summed E-state index contributed by atoms with van der Waals surface area (Å²) in [5, 5.41) is 10.4.